The highest BCUT2D eigenvalue weighted by Gasteiger charge is 2.17. The van der Waals surface area contributed by atoms with Crippen LogP contribution in [0.4, 0.5) is 0 Å². The summed E-state index contributed by atoms with van der Waals surface area (Å²) in [6.45, 7) is 3.68. The highest BCUT2D eigenvalue weighted by atomic mass is 32.2. The number of H-pyrrole nitrogens is 1. The highest BCUT2D eigenvalue weighted by molar-refractivity contribution is 7.98. The Morgan fingerprint density at radius 3 is 2.71 bits per heavy atom. The van der Waals surface area contributed by atoms with Crippen LogP contribution in [0.5, 0.6) is 0 Å². The third-order valence-corrected chi connectivity index (χ3v) is 4.05. The normalized spacial score (nSPS) is 10.7. The van der Waals surface area contributed by atoms with E-state index in [1.54, 1.807) is 11.8 Å². The first kappa shape index (κ1) is 15.2. The molecule has 0 bridgehead atoms. The number of hydrogen-bond acceptors (Lipinski definition) is 3. The molecule has 110 valence electrons. The maximum atomic E-state index is 11.6. The zero-order chi connectivity index (χ0) is 15.4. The van der Waals surface area contributed by atoms with Gasteiger partial charge >= 0.3 is 0 Å². The predicted molar refractivity (Wildman–Crippen MR) is 86.1 cm³/mol. The predicted octanol–water partition coefficient (Wildman–Crippen LogP) is 1.71. The third-order valence-electron chi connectivity index (χ3n) is 3.04. The molecule has 2 amide bonds. The van der Waals surface area contributed by atoms with Crippen molar-refractivity contribution >= 4 is 34.5 Å². The molecule has 0 atom stereocenters. The van der Waals surface area contributed by atoms with Gasteiger partial charge in [0.2, 0.25) is 5.91 Å². The van der Waals surface area contributed by atoms with Crippen molar-refractivity contribution in [2.24, 2.45) is 11.5 Å². The van der Waals surface area contributed by atoms with Crippen LogP contribution in [0.2, 0.25) is 0 Å². The first-order valence-corrected chi connectivity index (χ1v) is 7.58. The minimum atomic E-state index is -0.564. The molecule has 0 unspecified atom stereocenters. The quantitative estimate of drug-likeness (QED) is 0.536. The number of rotatable bonds is 7. The van der Waals surface area contributed by atoms with Gasteiger partial charge < -0.3 is 16.5 Å². The Balaban J connectivity index is 2.41. The number of aromatic nitrogens is 1. The summed E-state index contributed by atoms with van der Waals surface area (Å²) < 4.78 is 0. The number of primary amides is 2. The van der Waals surface area contributed by atoms with Gasteiger partial charge in [-0.05, 0) is 11.6 Å². The molecule has 1 aromatic heterocycles. The van der Waals surface area contributed by atoms with Crippen molar-refractivity contribution < 1.29 is 9.59 Å². The summed E-state index contributed by atoms with van der Waals surface area (Å²) in [6.07, 6.45) is 1.82. The summed E-state index contributed by atoms with van der Waals surface area (Å²) in [5.74, 6) is 0.650. The molecular weight excluding hydrogens is 286 g/mol. The van der Waals surface area contributed by atoms with Crippen LogP contribution >= 0.6 is 11.8 Å². The minimum Gasteiger partial charge on any atom is -0.369 e. The van der Waals surface area contributed by atoms with Crippen molar-refractivity contribution in [3.8, 4) is 0 Å². The van der Waals surface area contributed by atoms with E-state index in [-0.39, 0.29) is 6.42 Å². The molecular formula is C15H17N3O2S. The molecule has 0 spiro atoms. The molecule has 0 radical (unpaired) electrons. The van der Waals surface area contributed by atoms with Crippen molar-refractivity contribution in [2.45, 2.75) is 12.2 Å². The van der Waals surface area contributed by atoms with Crippen molar-refractivity contribution in [2.75, 3.05) is 5.75 Å². The van der Waals surface area contributed by atoms with Crippen molar-refractivity contribution in [3.63, 3.8) is 0 Å². The number of amides is 2. The van der Waals surface area contributed by atoms with Gasteiger partial charge in [-0.25, -0.2) is 0 Å². The fourth-order valence-electron chi connectivity index (χ4n) is 2.24. The molecule has 0 saturated heterocycles. The molecule has 1 aromatic carbocycles. The lowest BCUT2D eigenvalue weighted by Gasteiger charge is -2.01. The van der Waals surface area contributed by atoms with Gasteiger partial charge in [-0.3, -0.25) is 9.59 Å². The zero-order valence-electron chi connectivity index (χ0n) is 11.5. The van der Waals surface area contributed by atoms with Crippen LogP contribution in [0.25, 0.3) is 10.9 Å². The van der Waals surface area contributed by atoms with Gasteiger partial charge in [0.1, 0.15) is 0 Å². The van der Waals surface area contributed by atoms with Gasteiger partial charge in [0, 0.05) is 28.1 Å². The van der Waals surface area contributed by atoms with E-state index in [9.17, 15) is 9.59 Å². The first-order chi connectivity index (χ1) is 10.0. The zero-order valence-corrected chi connectivity index (χ0v) is 12.3. The molecule has 1 heterocycles. The van der Waals surface area contributed by atoms with Gasteiger partial charge in [-0.15, -0.1) is 6.58 Å². The molecule has 0 aliphatic rings. The third kappa shape index (κ3) is 3.46. The fraction of sp³-hybridized carbons (Fsp3) is 0.200. The van der Waals surface area contributed by atoms with Crippen LogP contribution < -0.4 is 11.5 Å². The number of carbonyl (C=O) groups excluding carboxylic acids is 2. The number of nitrogens with two attached hydrogens (primary N) is 2. The monoisotopic (exact) mass is 303 g/mol. The molecule has 0 aliphatic carbocycles. The topological polar surface area (TPSA) is 102 Å². The molecule has 5 nitrogen and oxygen atoms in total. The summed E-state index contributed by atoms with van der Waals surface area (Å²) in [5, 5.41) is 0.719. The van der Waals surface area contributed by atoms with E-state index >= 15 is 0 Å². The van der Waals surface area contributed by atoms with E-state index < -0.39 is 11.8 Å². The summed E-state index contributed by atoms with van der Waals surface area (Å²) in [7, 11) is 0. The van der Waals surface area contributed by atoms with Crippen LogP contribution in [-0.4, -0.2) is 22.6 Å². The molecule has 5 N–H and O–H groups in total. The van der Waals surface area contributed by atoms with Gasteiger partial charge in [-0.2, -0.15) is 11.8 Å². The number of benzene rings is 1. The molecule has 0 saturated carbocycles. The first-order valence-electron chi connectivity index (χ1n) is 6.43. The number of thioether (sulfide) groups is 1. The number of hydrogen-bond donors (Lipinski definition) is 3. The summed E-state index contributed by atoms with van der Waals surface area (Å²) >= 11 is 1.75. The van der Waals surface area contributed by atoms with Crippen molar-refractivity contribution in [1.82, 2.24) is 4.98 Å². The standard InChI is InChI=1S/C15H17N3O2S/c1-2-5-21-8-9-3-4-10-11(6-9)18-12(7-13(16)19)14(10)15(17)20/h2-4,6,18H,1,5,7-8H2,(H2,16,19)(H2,17,20). The van der Waals surface area contributed by atoms with E-state index in [2.05, 4.69) is 11.6 Å². The maximum Gasteiger partial charge on any atom is 0.251 e. The van der Waals surface area contributed by atoms with Gasteiger partial charge in [0.15, 0.2) is 0 Å². The van der Waals surface area contributed by atoms with E-state index in [4.69, 9.17) is 11.5 Å². The van der Waals surface area contributed by atoms with Crippen LogP contribution in [0.1, 0.15) is 21.6 Å². The van der Waals surface area contributed by atoms with Crippen LogP contribution in [0, 0.1) is 0 Å². The second kappa shape index (κ2) is 6.49. The molecule has 0 aliphatic heterocycles. The van der Waals surface area contributed by atoms with E-state index in [0.717, 1.165) is 28.0 Å². The number of nitrogens with one attached hydrogen (secondary N) is 1. The number of fused-ring (bicyclic) bond motifs is 1. The molecule has 2 aromatic rings. The van der Waals surface area contributed by atoms with Gasteiger partial charge in [0.05, 0.1) is 12.0 Å². The van der Waals surface area contributed by atoms with Crippen LogP contribution in [0.3, 0.4) is 0 Å². The van der Waals surface area contributed by atoms with Gasteiger partial charge in [0.25, 0.3) is 5.91 Å². The number of carbonyl (C=O) groups is 2. The van der Waals surface area contributed by atoms with Crippen LogP contribution in [-0.2, 0) is 17.0 Å². The molecule has 2 rings (SSSR count). The second-order valence-electron chi connectivity index (χ2n) is 4.67. The number of aromatic amines is 1. The molecule has 0 fully saturated rings. The average Bonchev–Trinajstić information content (AvgIpc) is 2.75. The summed E-state index contributed by atoms with van der Waals surface area (Å²) in [6, 6.07) is 5.76. The Bertz CT molecular complexity index is 706. The lowest BCUT2D eigenvalue weighted by atomic mass is 10.1. The minimum absolute atomic E-state index is 0.0342. The van der Waals surface area contributed by atoms with E-state index in [1.165, 1.54) is 0 Å². The maximum absolute atomic E-state index is 11.6. The Kier molecular flexibility index (Phi) is 4.70. The average molecular weight is 303 g/mol. The lowest BCUT2D eigenvalue weighted by molar-refractivity contribution is -0.117. The second-order valence-corrected chi connectivity index (χ2v) is 5.70. The molecule has 21 heavy (non-hydrogen) atoms. The summed E-state index contributed by atoms with van der Waals surface area (Å²) in [5.41, 5.74) is 13.3. The fourth-order valence-corrected chi connectivity index (χ4v) is 2.94. The van der Waals surface area contributed by atoms with Gasteiger partial charge in [-0.1, -0.05) is 18.2 Å². The van der Waals surface area contributed by atoms with E-state index in [0.29, 0.717) is 11.3 Å². The Morgan fingerprint density at radius 2 is 2.10 bits per heavy atom. The largest absolute Gasteiger partial charge is 0.369 e. The smallest absolute Gasteiger partial charge is 0.251 e. The Labute approximate surface area is 126 Å². The van der Waals surface area contributed by atoms with Crippen LogP contribution in [0.15, 0.2) is 30.9 Å². The SMILES string of the molecule is C=CCSCc1ccc2c(C(N)=O)c(CC(N)=O)[nH]c2c1. The lowest BCUT2D eigenvalue weighted by Crippen LogP contribution is -2.18. The van der Waals surface area contributed by atoms with Crippen molar-refractivity contribution in [1.29, 1.82) is 0 Å². The Hall–Kier alpha value is -2.21. The molecule has 6 heteroatoms. The summed E-state index contributed by atoms with van der Waals surface area (Å²) in [4.78, 5) is 25.8. The van der Waals surface area contributed by atoms with Crippen molar-refractivity contribution in [3.05, 3.63) is 47.7 Å². The Morgan fingerprint density at radius 1 is 1.33 bits per heavy atom. The highest BCUT2D eigenvalue weighted by Crippen LogP contribution is 2.25. The van der Waals surface area contributed by atoms with E-state index in [1.807, 2.05) is 24.3 Å².